The predicted octanol–water partition coefficient (Wildman–Crippen LogP) is 2.65. The van der Waals surface area contributed by atoms with Crippen LogP contribution in [-0.2, 0) is 4.74 Å². The highest BCUT2D eigenvalue weighted by Crippen LogP contribution is 2.13. The second kappa shape index (κ2) is 8.10. The van der Waals surface area contributed by atoms with Crippen LogP contribution in [0.4, 0.5) is 5.69 Å². The third kappa shape index (κ3) is 4.67. The number of hydrogen-bond donors (Lipinski definition) is 0. The predicted molar refractivity (Wildman–Crippen MR) is 98.2 cm³/mol. The Hall–Kier alpha value is -3.15. The lowest BCUT2D eigenvalue weighted by molar-refractivity contribution is 0.0600. The van der Waals surface area contributed by atoms with Crippen LogP contribution in [0.25, 0.3) is 0 Å². The molecule has 0 saturated heterocycles. The van der Waals surface area contributed by atoms with Crippen molar-refractivity contribution in [3.63, 3.8) is 0 Å². The lowest BCUT2D eigenvalue weighted by atomic mass is 10.1. The number of rotatable bonds is 5. The topological polar surface area (TPSA) is 62.2 Å². The van der Waals surface area contributed by atoms with E-state index < -0.39 is 5.97 Å². The smallest absolute Gasteiger partial charge is 0.337 e. The number of carbonyl (C=O) groups excluding carboxylic acids is 2. The van der Waals surface area contributed by atoms with Gasteiger partial charge in [-0.2, -0.15) is 5.10 Å². The van der Waals surface area contributed by atoms with Crippen LogP contribution in [0.1, 0.15) is 26.3 Å². The van der Waals surface area contributed by atoms with E-state index in [2.05, 4.69) is 9.84 Å². The number of hydrazone groups is 1. The maximum atomic E-state index is 12.4. The molecule has 0 aliphatic carbocycles. The summed E-state index contributed by atoms with van der Waals surface area (Å²) in [5.41, 5.74) is 2.70. The molecule has 0 aliphatic heterocycles. The molecule has 2 rings (SSSR count). The molecule has 2 aromatic carbocycles. The van der Waals surface area contributed by atoms with E-state index in [4.69, 9.17) is 0 Å². The first-order chi connectivity index (χ1) is 11.9. The number of ether oxygens (including phenoxy) is 1. The molecule has 0 heterocycles. The summed E-state index contributed by atoms with van der Waals surface area (Å²) < 4.78 is 4.69. The molecule has 6 nitrogen and oxygen atoms in total. The standard InChI is InChI=1S/C19H21N3O3/c1-21(2)17-10-8-15(9-11-17)18(23)22(3)20-13-14-6-5-7-16(12-14)19(24)25-4/h5-13H,1-4H3/b20-13+. The highest BCUT2D eigenvalue weighted by Gasteiger charge is 2.11. The number of carbonyl (C=O) groups is 2. The van der Waals surface area contributed by atoms with E-state index in [9.17, 15) is 9.59 Å². The van der Waals surface area contributed by atoms with Crippen molar-refractivity contribution in [2.24, 2.45) is 5.10 Å². The molecule has 25 heavy (non-hydrogen) atoms. The second-order valence-corrected chi connectivity index (χ2v) is 5.63. The molecule has 0 radical (unpaired) electrons. The van der Waals surface area contributed by atoms with E-state index in [1.165, 1.54) is 18.3 Å². The van der Waals surface area contributed by atoms with E-state index >= 15 is 0 Å². The molecule has 0 N–H and O–H groups in total. The molecule has 6 heteroatoms. The number of hydrogen-bond acceptors (Lipinski definition) is 5. The minimum Gasteiger partial charge on any atom is -0.465 e. The van der Waals surface area contributed by atoms with Crippen molar-refractivity contribution in [2.75, 3.05) is 33.2 Å². The molecule has 0 atom stereocenters. The Kier molecular flexibility index (Phi) is 5.89. The Balaban J connectivity index is 2.10. The van der Waals surface area contributed by atoms with E-state index in [-0.39, 0.29) is 5.91 Å². The fourth-order valence-electron chi connectivity index (χ4n) is 2.16. The largest absolute Gasteiger partial charge is 0.465 e. The van der Waals surface area contributed by atoms with Gasteiger partial charge in [-0.3, -0.25) is 4.79 Å². The van der Waals surface area contributed by atoms with Crippen molar-refractivity contribution in [1.29, 1.82) is 0 Å². The Morgan fingerprint density at radius 2 is 1.68 bits per heavy atom. The maximum absolute atomic E-state index is 12.4. The molecule has 1 amide bonds. The van der Waals surface area contributed by atoms with Crippen LogP contribution in [0.5, 0.6) is 0 Å². The zero-order valence-corrected chi connectivity index (χ0v) is 14.8. The Morgan fingerprint density at radius 3 is 2.28 bits per heavy atom. The number of methoxy groups -OCH3 is 1. The van der Waals surface area contributed by atoms with Crippen molar-refractivity contribution in [3.05, 3.63) is 65.2 Å². The number of nitrogens with zero attached hydrogens (tertiary/aromatic N) is 3. The summed E-state index contributed by atoms with van der Waals surface area (Å²) in [6.07, 6.45) is 1.53. The van der Waals surface area contributed by atoms with E-state index in [0.717, 1.165) is 5.69 Å². The molecule has 0 spiro atoms. The molecule has 0 bridgehead atoms. The van der Waals surface area contributed by atoms with Gasteiger partial charge in [-0.15, -0.1) is 0 Å². The van der Waals surface area contributed by atoms with Gasteiger partial charge in [-0.25, -0.2) is 9.80 Å². The van der Waals surface area contributed by atoms with Crippen LogP contribution in [0, 0.1) is 0 Å². The first-order valence-electron chi connectivity index (χ1n) is 7.70. The quantitative estimate of drug-likeness (QED) is 0.477. The van der Waals surface area contributed by atoms with E-state index in [1.807, 2.05) is 31.1 Å². The molecular weight excluding hydrogens is 318 g/mol. The van der Waals surface area contributed by atoms with E-state index in [1.54, 1.807) is 43.4 Å². The number of amides is 1. The summed E-state index contributed by atoms with van der Waals surface area (Å²) in [6.45, 7) is 0. The summed E-state index contributed by atoms with van der Waals surface area (Å²) in [4.78, 5) is 25.9. The van der Waals surface area contributed by atoms with Gasteiger partial charge in [0.05, 0.1) is 18.9 Å². The Morgan fingerprint density at radius 1 is 1.00 bits per heavy atom. The molecular formula is C19H21N3O3. The summed E-state index contributed by atoms with van der Waals surface area (Å²) >= 11 is 0. The average molecular weight is 339 g/mol. The molecule has 0 aliphatic rings. The first kappa shape index (κ1) is 18.2. The van der Waals surface area contributed by atoms with Crippen LogP contribution >= 0.6 is 0 Å². The SMILES string of the molecule is COC(=O)c1cccc(/C=N/N(C)C(=O)c2ccc(N(C)C)cc2)c1. The summed E-state index contributed by atoms with van der Waals surface area (Å²) in [6, 6.07) is 14.1. The van der Waals surface area contributed by atoms with Gasteiger partial charge in [0.1, 0.15) is 0 Å². The normalized spacial score (nSPS) is 10.6. The minimum atomic E-state index is -0.416. The molecule has 0 aromatic heterocycles. The van der Waals surface area contributed by atoms with Gasteiger partial charge in [0.25, 0.3) is 5.91 Å². The highest BCUT2D eigenvalue weighted by atomic mass is 16.5. The van der Waals surface area contributed by atoms with Crippen LogP contribution in [0.15, 0.2) is 53.6 Å². The summed E-state index contributed by atoms with van der Waals surface area (Å²) in [5, 5.41) is 5.41. The zero-order chi connectivity index (χ0) is 18.4. The van der Waals surface area contributed by atoms with Crippen molar-refractivity contribution in [3.8, 4) is 0 Å². The van der Waals surface area contributed by atoms with Gasteiger partial charge in [0, 0.05) is 32.4 Å². The van der Waals surface area contributed by atoms with Crippen molar-refractivity contribution >= 4 is 23.8 Å². The third-order valence-corrected chi connectivity index (χ3v) is 3.61. The number of benzene rings is 2. The van der Waals surface area contributed by atoms with Crippen LogP contribution < -0.4 is 4.90 Å². The maximum Gasteiger partial charge on any atom is 0.337 e. The molecule has 0 unspecified atom stereocenters. The van der Waals surface area contributed by atoms with Gasteiger partial charge in [0.15, 0.2) is 0 Å². The number of esters is 1. The van der Waals surface area contributed by atoms with Crippen molar-refractivity contribution < 1.29 is 14.3 Å². The Labute approximate surface area is 147 Å². The lowest BCUT2D eigenvalue weighted by Gasteiger charge is -2.14. The third-order valence-electron chi connectivity index (χ3n) is 3.61. The number of anilines is 1. The monoisotopic (exact) mass is 339 g/mol. The van der Waals surface area contributed by atoms with Gasteiger partial charge >= 0.3 is 5.97 Å². The van der Waals surface area contributed by atoms with Gasteiger partial charge < -0.3 is 9.64 Å². The van der Waals surface area contributed by atoms with Gasteiger partial charge in [0.2, 0.25) is 0 Å². The van der Waals surface area contributed by atoms with Crippen molar-refractivity contribution in [1.82, 2.24) is 5.01 Å². The fraction of sp³-hybridized carbons (Fsp3) is 0.211. The van der Waals surface area contributed by atoms with Gasteiger partial charge in [-0.1, -0.05) is 12.1 Å². The lowest BCUT2D eigenvalue weighted by Crippen LogP contribution is -2.21. The zero-order valence-electron chi connectivity index (χ0n) is 14.8. The minimum absolute atomic E-state index is 0.217. The van der Waals surface area contributed by atoms with Gasteiger partial charge in [-0.05, 0) is 42.0 Å². The molecule has 0 saturated carbocycles. The first-order valence-corrected chi connectivity index (χ1v) is 7.70. The van der Waals surface area contributed by atoms with Crippen LogP contribution in [0.3, 0.4) is 0 Å². The second-order valence-electron chi connectivity index (χ2n) is 5.63. The Bertz CT molecular complexity index is 783. The summed E-state index contributed by atoms with van der Waals surface area (Å²) in [7, 11) is 6.80. The summed E-state index contributed by atoms with van der Waals surface area (Å²) in [5.74, 6) is -0.633. The fourth-order valence-corrected chi connectivity index (χ4v) is 2.16. The molecule has 0 fully saturated rings. The van der Waals surface area contributed by atoms with Crippen LogP contribution in [0.2, 0.25) is 0 Å². The molecule has 2 aromatic rings. The van der Waals surface area contributed by atoms with E-state index in [0.29, 0.717) is 16.7 Å². The molecule has 130 valence electrons. The van der Waals surface area contributed by atoms with Crippen LogP contribution in [-0.4, -0.2) is 51.4 Å². The average Bonchev–Trinajstić information content (AvgIpc) is 2.65. The highest BCUT2D eigenvalue weighted by molar-refractivity contribution is 5.95. The van der Waals surface area contributed by atoms with Crippen molar-refractivity contribution in [2.45, 2.75) is 0 Å².